The molecule has 1 aliphatic carbocycles. The maximum Gasteiger partial charge on any atom is 0.164 e. The number of ether oxygens (including phenoxy) is 1. The van der Waals surface area contributed by atoms with Gasteiger partial charge in [0.15, 0.2) is 5.65 Å². The first-order valence-corrected chi connectivity index (χ1v) is 9.64. The lowest BCUT2D eigenvalue weighted by atomic mass is 9.77. The Morgan fingerprint density at radius 3 is 2.67 bits per heavy atom. The van der Waals surface area contributed by atoms with Crippen LogP contribution in [0, 0.1) is 13.8 Å². The molecule has 1 saturated carbocycles. The molecule has 142 valence electrons. The third kappa shape index (κ3) is 2.74. The molecule has 1 fully saturated rings. The van der Waals surface area contributed by atoms with Gasteiger partial charge in [0.05, 0.1) is 24.2 Å². The second kappa shape index (κ2) is 6.68. The minimum Gasteiger partial charge on any atom is -0.496 e. The molecule has 1 aromatic carbocycles. The summed E-state index contributed by atoms with van der Waals surface area (Å²) in [7, 11) is 1.73. The quantitative estimate of drug-likeness (QED) is 0.711. The Balaban J connectivity index is 1.91. The van der Waals surface area contributed by atoms with Gasteiger partial charge in [0.25, 0.3) is 0 Å². The predicted octanol–water partition coefficient (Wildman–Crippen LogP) is 4.56. The van der Waals surface area contributed by atoms with E-state index in [1.54, 1.807) is 7.11 Å². The second-order valence-electron chi connectivity index (χ2n) is 7.31. The zero-order valence-corrected chi connectivity index (χ0v) is 16.8. The van der Waals surface area contributed by atoms with Crippen molar-refractivity contribution >= 4 is 28.5 Å². The monoisotopic (exact) mass is 385 g/mol. The number of aryl methyl sites for hydroxylation is 1. The van der Waals surface area contributed by atoms with E-state index in [4.69, 9.17) is 27.2 Å². The van der Waals surface area contributed by atoms with Gasteiger partial charge >= 0.3 is 0 Å². The van der Waals surface area contributed by atoms with E-state index in [0.29, 0.717) is 11.7 Å². The van der Waals surface area contributed by atoms with Crippen LogP contribution in [0.1, 0.15) is 60.5 Å². The van der Waals surface area contributed by atoms with Crippen molar-refractivity contribution in [2.45, 2.75) is 52.0 Å². The van der Waals surface area contributed by atoms with Crippen molar-refractivity contribution in [1.29, 1.82) is 0 Å². The molecule has 3 aromatic rings. The smallest absolute Gasteiger partial charge is 0.164 e. The van der Waals surface area contributed by atoms with Crippen LogP contribution in [0.5, 0.6) is 5.75 Å². The van der Waals surface area contributed by atoms with E-state index in [9.17, 15) is 0 Å². The standard InChI is InChI=1S/C20H24ClN5O/c1-10-15(21)8-14(18(27-4)16(10)13-6-5-7-13)12(3)26-20-17(11(2)25-26)19(22)23-9-24-20/h8-9,12-13H,5-7H2,1-4H3,(H2,22,23,24). The van der Waals surface area contributed by atoms with Crippen molar-refractivity contribution in [2.24, 2.45) is 0 Å². The Kier molecular flexibility index (Phi) is 4.46. The molecule has 7 heteroatoms. The molecule has 2 N–H and O–H groups in total. The SMILES string of the molecule is COc1c(C(C)n2nc(C)c3c(N)ncnc32)cc(Cl)c(C)c1C1CCC1. The van der Waals surface area contributed by atoms with Gasteiger partial charge in [0.1, 0.15) is 17.9 Å². The number of hydrogen-bond acceptors (Lipinski definition) is 5. The first-order chi connectivity index (χ1) is 12.9. The van der Waals surface area contributed by atoms with Crippen molar-refractivity contribution in [3.63, 3.8) is 0 Å². The van der Waals surface area contributed by atoms with Crippen LogP contribution in [0.4, 0.5) is 5.82 Å². The van der Waals surface area contributed by atoms with E-state index >= 15 is 0 Å². The lowest BCUT2D eigenvalue weighted by Crippen LogP contribution is -2.16. The molecular weight excluding hydrogens is 362 g/mol. The van der Waals surface area contributed by atoms with Gasteiger partial charge < -0.3 is 10.5 Å². The average Bonchev–Trinajstić information content (AvgIpc) is 2.94. The van der Waals surface area contributed by atoms with Crippen LogP contribution in [-0.4, -0.2) is 26.9 Å². The highest BCUT2D eigenvalue weighted by Crippen LogP contribution is 2.47. The van der Waals surface area contributed by atoms with Crippen LogP contribution in [0.15, 0.2) is 12.4 Å². The number of hydrogen-bond donors (Lipinski definition) is 1. The molecule has 1 aliphatic rings. The van der Waals surface area contributed by atoms with Crippen molar-refractivity contribution in [1.82, 2.24) is 19.7 Å². The maximum atomic E-state index is 6.62. The molecule has 2 heterocycles. The first kappa shape index (κ1) is 18.0. The number of nitrogens with two attached hydrogens (primary N) is 1. The van der Waals surface area contributed by atoms with E-state index < -0.39 is 0 Å². The summed E-state index contributed by atoms with van der Waals surface area (Å²) in [5.74, 6) is 1.87. The summed E-state index contributed by atoms with van der Waals surface area (Å²) in [5.41, 5.74) is 10.9. The largest absolute Gasteiger partial charge is 0.496 e. The summed E-state index contributed by atoms with van der Waals surface area (Å²) in [4.78, 5) is 8.52. The van der Waals surface area contributed by atoms with Crippen LogP contribution in [0.2, 0.25) is 5.02 Å². The van der Waals surface area contributed by atoms with Gasteiger partial charge in [-0.25, -0.2) is 14.6 Å². The number of anilines is 1. The molecule has 1 unspecified atom stereocenters. The molecule has 0 radical (unpaired) electrons. The molecule has 0 spiro atoms. The van der Waals surface area contributed by atoms with Crippen LogP contribution >= 0.6 is 11.6 Å². The Hall–Kier alpha value is -2.34. The number of nitrogens with zero attached hydrogens (tertiary/aromatic N) is 4. The molecule has 0 bridgehead atoms. The maximum absolute atomic E-state index is 6.62. The van der Waals surface area contributed by atoms with E-state index in [2.05, 4.69) is 23.8 Å². The van der Waals surface area contributed by atoms with E-state index in [1.807, 2.05) is 17.7 Å². The van der Waals surface area contributed by atoms with E-state index in [0.717, 1.165) is 38.6 Å². The highest BCUT2D eigenvalue weighted by Gasteiger charge is 2.30. The number of halogens is 1. The molecule has 1 atom stereocenters. The minimum absolute atomic E-state index is 0.109. The summed E-state index contributed by atoms with van der Waals surface area (Å²) < 4.78 is 7.78. The van der Waals surface area contributed by atoms with E-state index in [-0.39, 0.29) is 6.04 Å². The third-order valence-corrected chi connectivity index (χ3v) is 6.17. The summed E-state index contributed by atoms with van der Waals surface area (Å²) in [6.07, 6.45) is 5.09. The molecule has 0 aliphatic heterocycles. The number of aromatic nitrogens is 4. The van der Waals surface area contributed by atoms with Gasteiger partial charge in [0.2, 0.25) is 0 Å². The average molecular weight is 386 g/mol. The number of methoxy groups -OCH3 is 1. The lowest BCUT2D eigenvalue weighted by Gasteiger charge is -2.31. The van der Waals surface area contributed by atoms with Gasteiger partial charge in [-0.1, -0.05) is 18.0 Å². The van der Waals surface area contributed by atoms with Gasteiger partial charge in [-0.05, 0) is 51.2 Å². The van der Waals surface area contributed by atoms with Crippen LogP contribution in [-0.2, 0) is 0 Å². The third-order valence-electron chi connectivity index (χ3n) is 5.78. The molecule has 0 amide bonds. The van der Waals surface area contributed by atoms with Crippen molar-refractivity contribution in [3.8, 4) is 5.75 Å². The summed E-state index contributed by atoms with van der Waals surface area (Å²) in [6.45, 7) is 6.08. The normalized spacial score (nSPS) is 15.7. The Morgan fingerprint density at radius 1 is 1.30 bits per heavy atom. The van der Waals surface area contributed by atoms with E-state index in [1.165, 1.54) is 31.2 Å². The first-order valence-electron chi connectivity index (χ1n) is 9.26. The zero-order valence-electron chi connectivity index (χ0n) is 16.1. The van der Waals surface area contributed by atoms with Crippen LogP contribution in [0.3, 0.4) is 0 Å². The fourth-order valence-corrected chi connectivity index (χ4v) is 4.28. The van der Waals surface area contributed by atoms with Gasteiger partial charge in [-0.15, -0.1) is 0 Å². The lowest BCUT2D eigenvalue weighted by molar-refractivity contribution is 0.364. The fourth-order valence-electron chi connectivity index (χ4n) is 4.06. The van der Waals surface area contributed by atoms with Gasteiger partial charge in [-0.2, -0.15) is 5.10 Å². The van der Waals surface area contributed by atoms with Crippen molar-refractivity contribution in [3.05, 3.63) is 39.8 Å². The number of nitrogen functional groups attached to an aromatic ring is 1. The Morgan fingerprint density at radius 2 is 2.04 bits per heavy atom. The van der Waals surface area contributed by atoms with Gasteiger partial charge in [0, 0.05) is 16.1 Å². The second-order valence-corrected chi connectivity index (χ2v) is 7.72. The molecular formula is C20H24ClN5O. The molecule has 4 rings (SSSR count). The highest BCUT2D eigenvalue weighted by atomic mass is 35.5. The molecule has 2 aromatic heterocycles. The van der Waals surface area contributed by atoms with Crippen molar-refractivity contribution < 1.29 is 4.74 Å². The van der Waals surface area contributed by atoms with Crippen LogP contribution < -0.4 is 10.5 Å². The minimum atomic E-state index is -0.109. The molecule has 0 saturated heterocycles. The molecule has 6 nitrogen and oxygen atoms in total. The zero-order chi connectivity index (χ0) is 19.3. The fraction of sp³-hybridized carbons (Fsp3) is 0.450. The van der Waals surface area contributed by atoms with Gasteiger partial charge in [-0.3, -0.25) is 0 Å². The Labute approximate surface area is 163 Å². The number of benzene rings is 1. The predicted molar refractivity (Wildman–Crippen MR) is 108 cm³/mol. The van der Waals surface area contributed by atoms with Crippen LogP contribution in [0.25, 0.3) is 11.0 Å². The molecule has 27 heavy (non-hydrogen) atoms. The number of rotatable bonds is 4. The highest BCUT2D eigenvalue weighted by molar-refractivity contribution is 6.31. The number of fused-ring (bicyclic) bond motifs is 1. The Bertz CT molecular complexity index is 1030. The summed E-state index contributed by atoms with van der Waals surface area (Å²) >= 11 is 6.62. The topological polar surface area (TPSA) is 78.9 Å². The summed E-state index contributed by atoms with van der Waals surface area (Å²) in [5, 5.41) is 6.26. The summed E-state index contributed by atoms with van der Waals surface area (Å²) in [6, 6.07) is 1.89. The van der Waals surface area contributed by atoms with Crippen molar-refractivity contribution in [2.75, 3.05) is 12.8 Å².